The molecule has 0 unspecified atom stereocenters. The molecule has 0 aromatic heterocycles. The van der Waals surface area contributed by atoms with Crippen molar-refractivity contribution < 1.29 is 13.9 Å². The minimum absolute atomic E-state index is 0.112. The molecule has 3 nitrogen and oxygen atoms in total. The SMILES string of the molecule is COc1ccc(Br)c(CNc2cccc3ccccc23)c1OCc1ccccc1F. The summed E-state index contributed by atoms with van der Waals surface area (Å²) in [4.78, 5) is 0. The standard InChI is InChI=1S/C25H21BrFNO2/c1-29-24-14-13-21(26)20(25(24)30-16-18-8-3-5-11-22(18)27)15-28-23-12-6-9-17-7-2-4-10-19(17)23/h2-14,28H,15-16H2,1H3. The van der Waals surface area contributed by atoms with Gasteiger partial charge in [0.15, 0.2) is 11.5 Å². The third-order valence-electron chi connectivity index (χ3n) is 4.96. The van der Waals surface area contributed by atoms with E-state index in [-0.39, 0.29) is 12.4 Å². The smallest absolute Gasteiger partial charge is 0.167 e. The number of hydrogen-bond acceptors (Lipinski definition) is 3. The van der Waals surface area contributed by atoms with Crippen LogP contribution in [-0.2, 0) is 13.2 Å². The van der Waals surface area contributed by atoms with Crippen molar-refractivity contribution >= 4 is 32.4 Å². The topological polar surface area (TPSA) is 30.5 Å². The van der Waals surface area contributed by atoms with Crippen LogP contribution in [0.1, 0.15) is 11.1 Å². The Morgan fingerprint density at radius 1 is 0.900 bits per heavy atom. The molecule has 0 atom stereocenters. The normalized spacial score (nSPS) is 10.8. The maximum absolute atomic E-state index is 14.0. The summed E-state index contributed by atoms with van der Waals surface area (Å²) < 4.78 is 26.5. The Bertz CT molecular complexity index is 1170. The third kappa shape index (κ3) is 4.26. The first-order valence-corrected chi connectivity index (χ1v) is 10.4. The van der Waals surface area contributed by atoms with Crippen LogP contribution in [0.5, 0.6) is 11.5 Å². The Morgan fingerprint density at radius 3 is 2.50 bits per heavy atom. The lowest BCUT2D eigenvalue weighted by atomic mass is 10.1. The summed E-state index contributed by atoms with van der Waals surface area (Å²) in [6, 6.07) is 24.8. The minimum Gasteiger partial charge on any atom is -0.493 e. The molecule has 0 aliphatic rings. The van der Waals surface area contributed by atoms with Gasteiger partial charge in [0.1, 0.15) is 12.4 Å². The van der Waals surface area contributed by atoms with Crippen molar-refractivity contribution in [3.63, 3.8) is 0 Å². The van der Waals surface area contributed by atoms with Crippen LogP contribution in [-0.4, -0.2) is 7.11 Å². The molecular formula is C25H21BrFNO2. The lowest BCUT2D eigenvalue weighted by Gasteiger charge is -2.18. The number of rotatable bonds is 7. The number of nitrogens with one attached hydrogen (secondary N) is 1. The molecule has 1 N–H and O–H groups in total. The Labute approximate surface area is 183 Å². The van der Waals surface area contributed by atoms with Gasteiger partial charge in [0.2, 0.25) is 0 Å². The van der Waals surface area contributed by atoms with E-state index in [1.807, 2.05) is 30.3 Å². The lowest BCUT2D eigenvalue weighted by Crippen LogP contribution is -2.07. The number of anilines is 1. The number of benzene rings is 4. The fourth-order valence-corrected chi connectivity index (χ4v) is 3.85. The molecule has 0 heterocycles. The highest BCUT2D eigenvalue weighted by molar-refractivity contribution is 9.10. The van der Waals surface area contributed by atoms with Crippen LogP contribution in [0.4, 0.5) is 10.1 Å². The molecule has 4 rings (SSSR count). The molecule has 0 bridgehead atoms. The molecule has 0 spiro atoms. The van der Waals surface area contributed by atoms with Gasteiger partial charge in [0.05, 0.1) is 7.11 Å². The first-order valence-electron chi connectivity index (χ1n) is 9.60. The van der Waals surface area contributed by atoms with Crippen LogP contribution in [0, 0.1) is 5.82 Å². The van der Waals surface area contributed by atoms with E-state index >= 15 is 0 Å². The van der Waals surface area contributed by atoms with Crippen molar-refractivity contribution in [2.24, 2.45) is 0 Å². The van der Waals surface area contributed by atoms with Crippen LogP contribution >= 0.6 is 15.9 Å². The Hall–Kier alpha value is -3.05. The maximum atomic E-state index is 14.0. The van der Waals surface area contributed by atoms with E-state index in [2.05, 4.69) is 45.5 Å². The summed E-state index contributed by atoms with van der Waals surface area (Å²) in [5.74, 6) is 0.897. The fraction of sp³-hybridized carbons (Fsp3) is 0.120. The summed E-state index contributed by atoms with van der Waals surface area (Å²) in [5, 5.41) is 5.82. The van der Waals surface area contributed by atoms with Gasteiger partial charge in [-0.05, 0) is 29.7 Å². The Morgan fingerprint density at radius 2 is 1.67 bits per heavy atom. The second-order valence-corrected chi connectivity index (χ2v) is 7.67. The number of fused-ring (bicyclic) bond motifs is 1. The predicted octanol–water partition coefficient (Wildman–Crippen LogP) is 6.94. The lowest BCUT2D eigenvalue weighted by molar-refractivity contribution is 0.276. The molecule has 5 heteroatoms. The average molecular weight is 466 g/mol. The van der Waals surface area contributed by atoms with Gasteiger partial charge in [0, 0.05) is 33.2 Å². The predicted molar refractivity (Wildman–Crippen MR) is 123 cm³/mol. The molecule has 0 aliphatic heterocycles. The summed E-state index contributed by atoms with van der Waals surface area (Å²) >= 11 is 3.62. The summed E-state index contributed by atoms with van der Waals surface area (Å²) in [6.07, 6.45) is 0. The largest absolute Gasteiger partial charge is 0.493 e. The van der Waals surface area contributed by atoms with Crippen LogP contribution in [0.3, 0.4) is 0 Å². The molecule has 4 aromatic carbocycles. The molecule has 0 fully saturated rings. The van der Waals surface area contributed by atoms with Gasteiger partial charge in [-0.2, -0.15) is 0 Å². The van der Waals surface area contributed by atoms with Gasteiger partial charge >= 0.3 is 0 Å². The van der Waals surface area contributed by atoms with Crippen molar-refractivity contribution in [1.29, 1.82) is 0 Å². The number of hydrogen-bond donors (Lipinski definition) is 1. The van der Waals surface area contributed by atoms with E-state index in [0.29, 0.717) is 23.6 Å². The third-order valence-corrected chi connectivity index (χ3v) is 5.71. The number of ether oxygens (including phenoxy) is 2. The van der Waals surface area contributed by atoms with Crippen LogP contribution in [0.25, 0.3) is 10.8 Å². The molecule has 30 heavy (non-hydrogen) atoms. The zero-order valence-electron chi connectivity index (χ0n) is 16.5. The van der Waals surface area contributed by atoms with Gasteiger partial charge in [0.25, 0.3) is 0 Å². The molecular weight excluding hydrogens is 445 g/mol. The van der Waals surface area contributed by atoms with Gasteiger partial charge < -0.3 is 14.8 Å². The second kappa shape index (κ2) is 9.18. The van der Waals surface area contributed by atoms with E-state index < -0.39 is 0 Å². The molecule has 0 radical (unpaired) electrons. The summed E-state index contributed by atoms with van der Waals surface area (Å²) in [7, 11) is 1.60. The van der Waals surface area contributed by atoms with E-state index in [0.717, 1.165) is 21.1 Å². The van der Waals surface area contributed by atoms with Crippen LogP contribution < -0.4 is 14.8 Å². The Kier molecular flexibility index (Phi) is 6.19. The first-order chi connectivity index (χ1) is 14.7. The second-order valence-electron chi connectivity index (χ2n) is 6.82. The summed E-state index contributed by atoms with van der Waals surface area (Å²) in [6.45, 7) is 0.624. The number of methoxy groups -OCH3 is 1. The highest BCUT2D eigenvalue weighted by atomic mass is 79.9. The monoisotopic (exact) mass is 465 g/mol. The van der Waals surface area contributed by atoms with Crippen LogP contribution in [0.2, 0.25) is 0 Å². The van der Waals surface area contributed by atoms with Crippen molar-refractivity contribution in [3.05, 3.63) is 100 Å². The zero-order chi connectivity index (χ0) is 20.9. The number of halogens is 2. The molecule has 152 valence electrons. The van der Waals surface area contributed by atoms with Crippen molar-refractivity contribution in [3.8, 4) is 11.5 Å². The minimum atomic E-state index is -0.290. The van der Waals surface area contributed by atoms with Gasteiger partial charge in [-0.3, -0.25) is 0 Å². The molecule has 0 aliphatic carbocycles. The Balaban J connectivity index is 1.63. The van der Waals surface area contributed by atoms with Crippen molar-refractivity contribution in [2.75, 3.05) is 12.4 Å². The van der Waals surface area contributed by atoms with Crippen molar-refractivity contribution in [2.45, 2.75) is 13.2 Å². The highest BCUT2D eigenvalue weighted by Gasteiger charge is 2.16. The maximum Gasteiger partial charge on any atom is 0.167 e. The fourth-order valence-electron chi connectivity index (χ4n) is 3.39. The highest BCUT2D eigenvalue weighted by Crippen LogP contribution is 2.38. The summed E-state index contributed by atoms with van der Waals surface area (Å²) in [5.41, 5.74) is 2.42. The molecule has 0 saturated heterocycles. The van der Waals surface area contributed by atoms with E-state index in [9.17, 15) is 4.39 Å². The molecule has 0 amide bonds. The average Bonchev–Trinajstić information content (AvgIpc) is 2.78. The quantitative estimate of drug-likeness (QED) is 0.320. The molecule has 0 saturated carbocycles. The van der Waals surface area contributed by atoms with Crippen LogP contribution in [0.15, 0.2) is 83.3 Å². The van der Waals surface area contributed by atoms with Gasteiger partial charge in [-0.15, -0.1) is 0 Å². The van der Waals surface area contributed by atoms with Crippen molar-refractivity contribution in [1.82, 2.24) is 0 Å². The zero-order valence-corrected chi connectivity index (χ0v) is 18.1. The van der Waals surface area contributed by atoms with Gasteiger partial charge in [-0.1, -0.05) is 70.5 Å². The first kappa shape index (κ1) is 20.2. The van der Waals surface area contributed by atoms with E-state index in [4.69, 9.17) is 9.47 Å². The van der Waals surface area contributed by atoms with E-state index in [1.165, 1.54) is 11.5 Å². The van der Waals surface area contributed by atoms with Gasteiger partial charge in [-0.25, -0.2) is 4.39 Å². The van der Waals surface area contributed by atoms with E-state index in [1.54, 1.807) is 25.3 Å². The molecule has 4 aromatic rings.